The molecule has 2 N–H and O–H groups in total. The molecule has 1 heterocycles. The first-order valence-electron chi connectivity index (χ1n) is 6.15. The van der Waals surface area contributed by atoms with Crippen LogP contribution in [0, 0.1) is 17.5 Å². The highest BCUT2D eigenvalue weighted by molar-refractivity contribution is 5.80. The summed E-state index contributed by atoms with van der Waals surface area (Å²) < 4.78 is 45.3. The molecule has 5 nitrogen and oxygen atoms in total. The van der Waals surface area contributed by atoms with Crippen LogP contribution in [0.15, 0.2) is 12.1 Å². The minimum atomic E-state index is -1.42. The quantitative estimate of drug-likeness (QED) is 0.821. The maximum absolute atomic E-state index is 13.8. The fourth-order valence-electron chi connectivity index (χ4n) is 2.22. The number of amides is 1. The summed E-state index contributed by atoms with van der Waals surface area (Å²) in [4.78, 5) is 22.3. The van der Waals surface area contributed by atoms with Crippen molar-refractivity contribution >= 4 is 11.9 Å². The third-order valence-electron chi connectivity index (χ3n) is 3.15. The molecule has 0 aromatic heterocycles. The molecule has 0 spiro atoms. The lowest BCUT2D eigenvalue weighted by Crippen LogP contribution is -2.40. The van der Waals surface area contributed by atoms with Crippen molar-refractivity contribution in [1.29, 1.82) is 0 Å². The third kappa shape index (κ3) is 3.52. The Hall–Kier alpha value is -2.09. The van der Waals surface area contributed by atoms with E-state index in [1.54, 1.807) is 0 Å². The monoisotopic (exact) mass is 303 g/mol. The van der Waals surface area contributed by atoms with Gasteiger partial charge in [-0.05, 0) is 6.07 Å². The number of carbonyl (C=O) groups is 2. The molecule has 1 aliphatic heterocycles. The minimum absolute atomic E-state index is 0.0413. The van der Waals surface area contributed by atoms with Crippen LogP contribution in [-0.4, -0.2) is 29.6 Å². The van der Waals surface area contributed by atoms with Crippen LogP contribution in [0.2, 0.25) is 0 Å². The van der Waals surface area contributed by atoms with Crippen molar-refractivity contribution in [1.82, 2.24) is 5.32 Å². The zero-order valence-corrected chi connectivity index (χ0v) is 10.7. The normalized spacial score (nSPS) is 22.7. The van der Waals surface area contributed by atoms with E-state index in [9.17, 15) is 22.8 Å². The summed E-state index contributed by atoms with van der Waals surface area (Å²) in [5, 5.41) is 10.8. The first kappa shape index (κ1) is 15.3. The summed E-state index contributed by atoms with van der Waals surface area (Å²) in [5.74, 6) is -3.96. The molecule has 1 fully saturated rings. The smallest absolute Gasteiger partial charge is 0.404 e. The molecule has 1 saturated heterocycles. The van der Waals surface area contributed by atoms with E-state index in [2.05, 4.69) is 0 Å². The second-order valence-electron chi connectivity index (χ2n) is 4.63. The third-order valence-corrected chi connectivity index (χ3v) is 3.15. The number of rotatable bonds is 2. The van der Waals surface area contributed by atoms with Crippen molar-refractivity contribution in [3.63, 3.8) is 0 Å². The molecule has 21 heavy (non-hydrogen) atoms. The van der Waals surface area contributed by atoms with E-state index >= 15 is 0 Å². The first-order valence-corrected chi connectivity index (χ1v) is 6.15. The second kappa shape index (κ2) is 6.13. The van der Waals surface area contributed by atoms with Crippen molar-refractivity contribution in [3.05, 3.63) is 35.1 Å². The number of hydrogen-bond acceptors (Lipinski definition) is 3. The molecule has 1 aromatic carbocycles. The Kier molecular flexibility index (Phi) is 4.46. The molecule has 2 rings (SSSR count). The Balaban J connectivity index is 2.39. The van der Waals surface area contributed by atoms with Gasteiger partial charge in [-0.15, -0.1) is 0 Å². The SMILES string of the molecule is O=C1CCO[C@H](c2cc(F)c(F)cc2F)[C@@H](NC(=O)O)C1. The second-order valence-corrected chi connectivity index (χ2v) is 4.63. The van der Waals surface area contributed by atoms with Gasteiger partial charge in [-0.1, -0.05) is 0 Å². The molecule has 0 bridgehead atoms. The summed E-state index contributed by atoms with van der Waals surface area (Å²) in [6.07, 6.45) is -2.80. The number of carbonyl (C=O) groups excluding carboxylic acids is 1. The minimum Gasteiger partial charge on any atom is -0.465 e. The van der Waals surface area contributed by atoms with Crippen LogP contribution >= 0.6 is 0 Å². The molecule has 0 unspecified atom stereocenters. The summed E-state index contributed by atoms with van der Waals surface area (Å²) in [6.45, 7) is -0.0558. The Bertz CT molecular complexity index is 579. The van der Waals surface area contributed by atoms with E-state index in [1.807, 2.05) is 5.32 Å². The Morgan fingerprint density at radius 3 is 2.57 bits per heavy atom. The average Bonchev–Trinajstić information content (AvgIpc) is 2.55. The van der Waals surface area contributed by atoms with Crippen LogP contribution in [0.1, 0.15) is 24.5 Å². The number of nitrogens with one attached hydrogen (secondary N) is 1. The van der Waals surface area contributed by atoms with Gasteiger partial charge in [0.1, 0.15) is 17.7 Å². The number of Topliss-reactive ketones (excluding diaryl/α,β-unsaturated/α-hetero) is 1. The highest BCUT2D eigenvalue weighted by atomic mass is 19.2. The number of halogens is 3. The number of carboxylic acid groups (broad SMARTS) is 1. The predicted molar refractivity (Wildman–Crippen MR) is 64.2 cm³/mol. The standard InChI is InChI=1S/C13H12F3NO4/c14-8-5-10(16)9(15)4-7(8)12-11(17-13(19)20)3-6(18)1-2-21-12/h4-5,11-12,17H,1-3H2,(H,19,20)/t11-,12+/m0/s1. The molecular formula is C13H12F3NO4. The van der Waals surface area contributed by atoms with E-state index in [-0.39, 0.29) is 30.8 Å². The van der Waals surface area contributed by atoms with Crippen LogP contribution < -0.4 is 5.32 Å². The summed E-state index contributed by atoms with van der Waals surface area (Å²) >= 11 is 0. The largest absolute Gasteiger partial charge is 0.465 e. The number of hydrogen-bond donors (Lipinski definition) is 2. The number of benzene rings is 1. The van der Waals surface area contributed by atoms with Crippen LogP contribution in [0.4, 0.5) is 18.0 Å². The summed E-state index contributed by atoms with van der Waals surface area (Å²) in [5.41, 5.74) is -0.331. The fraction of sp³-hybridized carbons (Fsp3) is 0.385. The number of ether oxygens (including phenoxy) is 1. The van der Waals surface area contributed by atoms with E-state index in [4.69, 9.17) is 9.84 Å². The zero-order valence-electron chi connectivity index (χ0n) is 10.7. The van der Waals surface area contributed by atoms with Crippen LogP contribution in [0.5, 0.6) is 0 Å². The summed E-state index contributed by atoms with van der Waals surface area (Å²) in [7, 11) is 0. The van der Waals surface area contributed by atoms with Crippen molar-refractivity contribution in [2.75, 3.05) is 6.61 Å². The van der Waals surface area contributed by atoms with Gasteiger partial charge in [0, 0.05) is 24.5 Å². The van der Waals surface area contributed by atoms with Gasteiger partial charge < -0.3 is 15.2 Å². The Morgan fingerprint density at radius 1 is 1.24 bits per heavy atom. The van der Waals surface area contributed by atoms with Crippen molar-refractivity contribution in [2.45, 2.75) is 25.0 Å². The molecule has 0 aliphatic carbocycles. The summed E-state index contributed by atoms with van der Waals surface area (Å²) in [6, 6.07) is -0.0999. The van der Waals surface area contributed by atoms with Crippen molar-refractivity contribution in [3.8, 4) is 0 Å². The van der Waals surface area contributed by atoms with Gasteiger partial charge in [-0.2, -0.15) is 0 Å². The molecule has 8 heteroatoms. The maximum Gasteiger partial charge on any atom is 0.404 e. The molecular weight excluding hydrogens is 291 g/mol. The van der Waals surface area contributed by atoms with Crippen molar-refractivity contribution in [2.24, 2.45) is 0 Å². The van der Waals surface area contributed by atoms with Gasteiger partial charge in [0.05, 0.1) is 12.6 Å². The topological polar surface area (TPSA) is 75.6 Å². The predicted octanol–water partition coefficient (Wildman–Crippen LogP) is 2.16. The Morgan fingerprint density at radius 2 is 1.90 bits per heavy atom. The lowest BCUT2D eigenvalue weighted by atomic mass is 9.97. The first-order chi connectivity index (χ1) is 9.88. The van der Waals surface area contributed by atoms with Gasteiger partial charge in [0.25, 0.3) is 0 Å². The Labute approximate surface area is 117 Å². The fourth-order valence-corrected chi connectivity index (χ4v) is 2.22. The molecule has 2 atom stereocenters. The van der Waals surface area contributed by atoms with Gasteiger partial charge in [-0.3, -0.25) is 4.79 Å². The number of ketones is 1. The lowest BCUT2D eigenvalue weighted by molar-refractivity contribution is -0.119. The van der Waals surface area contributed by atoms with Gasteiger partial charge in [0.15, 0.2) is 11.6 Å². The average molecular weight is 303 g/mol. The molecule has 1 aromatic rings. The van der Waals surface area contributed by atoms with Crippen LogP contribution in [0.25, 0.3) is 0 Å². The van der Waals surface area contributed by atoms with Crippen LogP contribution in [0.3, 0.4) is 0 Å². The molecule has 1 amide bonds. The van der Waals surface area contributed by atoms with Gasteiger partial charge in [0.2, 0.25) is 0 Å². The highest BCUT2D eigenvalue weighted by Gasteiger charge is 2.33. The van der Waals surface area contributed by atoms with E-state index in [0.29, 0.717) is 12.1 Å². The molecule has 114 valence electrons. The van der Waals surface area contributed by atoms with E-state index in [0.717, 1.165) is 0 Å². The lowest BCUT2D eigenvalue weighted by Gasteiger charge is -2.25. The molecule has 1 aliphatic rings. The highest BCUT2D eigenvalue weighted by Crippen LogP contribution is 2.30. The molecule has 0 radical (unpaired) electrons. The van der Waals surface area contributed by atoms with Crippen LogP contribution in [-0.2, 0) is 9.53 Å². The zero-order chi connectivity index (χ0) is 15.6. The van der Waals surface area contributed by atoms with Crippen molar-refractivity contribution < 1.29 is 32.6 Å². The van der Waals surface area contributed by atoms with E-state index < -0.39 is 35.7 Å². The molecule has 0 saturated carbocycles. The van der Waals surface area contributed by atoms with E-state index in [1.165, 1.54) is 0 Å². The van der Waals surface area contributed by atoms with Gasteiger partial charge in [-0.25, -0.2) is 18.0 Å². The van der Waals surface area contributed by atoms with Gasteiger partial charge >= 0.3 is 6.09 Å². The maximum atomic E-state index is 13.8.